The van der Waals surface area contributed by atoms with Crippen molar-refractivity contribution in [2.75, 3.05) is 25.5 Å². The molecule has 0 fully saturated rings. The molecule has 0 saturated carbocycles. The molecule has 0 aliphatic carbocycles. The van der Waals surface area contributed by atoms with E-state index in [0.717, 1.165) is 24.2 Å². The molecule has 0 atom stereocenters. The Labute approximate surface area is 128 Å². The molecule has 1 aromatic carbocycles. The summed E-state index contributed by atoms with van der Waals surface area (Å²) in [6, 6.07) is 8.88. The summed E-state index contributed by atoms with van der Waals surface area (Å²) in [5.41, 5.74) is 9.51. The summed E-state index contributed by atoms with van der Waals surface area (Å²) >= 11 is 0. The highest BCUT2D eigenvalue weighted by atomic mass is 15.1. The predicted molar refractivity (Wildman–Crippen MR) is 92.1 cm³/mol. The van der Waals surface area contributed by atoms with Gasteiger partial charge in [-0.2, -0.15) is 0 Å². The number of rotatable bonds is 4. The van der Waals surface area contributed by atoms with Gasteiger partial charge in [0.05, 0.1) is 5.52 Å². The zero-order valence-corrected chi connectivity index (χ0v) is 13.9. The van der Waals surface area contributed by atoms with E-state index in [-0.39, 0.29) is 5.41 Å². The van der Waals surface area contributed by atoms with Gasteiger partial charge in [0.15, 0.2) is 0 Å². The molecule has 0 bridgehead atoms. The van der Waals surface area contributed by atoms with Crippen LogP contribution in [0.1, 0.15) is 38.3 Å². The molecule has 1 aromatic heterocycles. The van der Waals surface area contributed by atoms with Gasteiger partial charge in [-0.15, -0.1) is 0 Å². The largest absolute Gasteiger partial charge is 0.362 e. The molecule has 2 N–H and O–H groups in total. The quantitative estimate of drug-likeness (QED) is 0.935. The lowest BCUT2D eigenvalue weighted by atomic mass is 9.86. The van der Waals surface area contributed by atoms with E-state index < -0.39 is 0 Å². The van der Waals surface area contributed by atoms with Gasteiger partial charge in [0, 0.05) is 19.5 Å². The van der Waals surface area contributed by atoms with Crippen LogP contribution in [0, 0.1) is 0 Å². The average Bonchev–Trinajstić information content (AvgIpc) is 2.42. The molecule has 0 aliphatic rings. The van der Waals surface area contributed by atoms with Crippen molar-refractivity contribution in [3.8, 4) is 0 Å². The van der Waals surface area contributed by atoms with E-state index >= 15 is 0 Å². The van der Waals surface area contributed by atoms with E-state index in [4.69, 9.17) is 10.7 Å². The summed E-state index contributed by atoms with van der Waals surface area (Å²) < 4.78 is 0. The van der Waals surface area contributed by atoms with Crippen molar-refractivity contribution < 1.29 is 0 Å². The highest BCUT2D eigenvalue weighted by Crippen LogP contribution is 2.28. The molecule has 114 valence electrons. The van der Waals surface area contributed by atoms with Crippen LogP contribution in [0.2, 0.25) is 0 Å². The van der Waals surface area contributed by atoms with E-state index in [9.17, 15) is 0 Å². The molecular formula is C18H27N3. The highest BCUT2D eigenvalue weighted by Gasteiger charge is 2.15. The molecule has 0 radical (unpaired) electrons. The lowest BCUT2D eigenvalue weighted by Crippen LogP contribution is -2.15. The van der Waals surface area contributed by atoms with Gasteiger partial charge in [-0.1, -0.05) is 26.8 Å². The summed E-state index contributed by atoms with van der Waals surface area (Å²) in [5.74, 6) is 1.06. The smallest absolute Gasteiger partial charge is 0.131 e. The minimum Gasteiger partial charge on any atom is -0.362 e. The number of benzene rings is 1. The molecule has 3 heteroatoms. The number of aromatic nitrogens is 1. The summed E-state index contributed by atoms with van der Waals surface area (Å²) in [7, 11) is 4.09. The van der Waals surface area contributed by atoms with Crippen LogP contribution in [0.5, 0.6) is 0 Å². The Morgan fingerprint density at radius 3 is 2.43 bits per heavy atom. The normalized spacial score (nSPS) is 11.9. The van der Waals surface area contributed by atoms with E-state index in [0.29, 0.717) is 6.54 Å². The van der Waals surface area contributed by atoms with Gasteiger partial charge in [-0.25, -0.2) is 4.98 Å². The minimum absolute atomic E-state index is 0.159. The monoisotopic (exact) mass is 285 g/mol. The van der Waals surface area contributed by atoms with E-state index in [1.807, 2.05) is 14.1 Å². The van der Waals surface area contributed by atoms with Crippen molar-refractivity contribution in [3.05, 3.63) is 35.4 Å². The Bertz CT molecular complexity index is 624. The molecule has 21 heavy (non-hydrogen) atoms. The molecule has 0 amide bonds. The van der Waals surface area contributed by atoms with Crippen LogP contribution in [0.25, 0.3) is 10.9 Å². The van der Waals surface area contributed by atoms with Crippen molar-refractivity contribution in [2.24, 2.45) is 5.73 Å². The first-order chi connectivity index (χ1) is 9.82. The van der Waals surface area contributed by atoms with Crippen molar-refractivity contribution >= 4 is 16.7 Å². The average molecular weight is 285 g/mol. The Balaban J connectivity index is 2.56. The molecule has 0 aliphatic heterocycles. The van der Waals surface area contributed by atoms with Crippen LogP contribution in [0.3, 0.4) is 0 Å². The molecule has 1 heterocycles. The minimum atomic E-state index is 0.159. The second-order valence-electron chi connectivity index (χ2n) is 6.92. The number of anilines is 1. The third kappa shape index (κ3) is 3.53. The van der Waals surface area contributed by atoms with Gasteiger partial charge in [-0.3, -0.25) is 0 Å². The molecule has 0 unspecified atom stereocenters. The van der Waals surface area contributed by atoms with Crippen LogP contribution in [0.15, 0.2) is 24.3 Å². The van der Waals surface area contributed by atoms with E-state index in [1.54, 1.807) is 0 Å². The first-order valence-electron chi connectivity index (χ1n) is 7.64. The van der Waals surface area contributed by atoms with Crippen molar-refractivity contribution in [3.63, 3.8) is 0 Å². The summed E-state index contributed by atoms with van der Waals surface area (Å²) in [4.78, 5) is 6.92. The van der Waals surface area contributed by atoms with E-state index in [2.05, 4.69) is 49.9 Å². The molecule has 0 saturated heterocycles. The van der Waals surface area contributed by atoms with Gasteiger partial charge in [0.25, 0.3) is 0 Å². The standard InChI is InChI=1S/C18H27N3/c1-18(2,3)15-8-9-16-14(12-15)11-13(7-6-10-19)17(20-16)21(4)5/h8-9,11-12H,6-7,10,19H2,1-5H3. The number of nitrogens with two attached hydrogens (primary N) is 1. The second-order valence-corrected chi connectivity index (χ2v) is 6.92. The third-order valence-electron chi connectivity index (χ3n) is 3.81. The first kappa shape index (κ1) is 15.8. The van der Waals surface area contributed by atoms with Crippen LogP contribution in [0.4, 0.5) is 5.82 Å². The summed E-state index contributed by atoms with van der Waals surface area (Å²) in [6.45, 7) is 7.44. The fourth-order valence-corrected chi connectivity index (χ4v) is 2.54. The fourth-order valence-electron chi connectivity index (χ4n) is 2.54. The Morgan fingerprint density at radius 2 is 1.86 bits per heavy atom. The molecule has 2 aromatic rings. The van der Waals surface area contributed by atoms with Crippen LogP contribution >= 0.6 is 0 Å². The number of aryl methyl sites for hydroxylation is 1. The van der Waals surface area contributed by atoms with Gasteiger partial charge in [0.2, 0.25) is 0 Å². The number of nitrogens with zero attached hydrogens (tertiary/aromatic N) is 2. The Hall–Kier alpha value is -1.61. The Kier molecular flexibility index (Phi) is 4.52. The first-order valence-corrected chi connectivity index (χ1v) is 7.64. The number of pyridine rings is 1. The molecular weight excluding hydrogens is 258 g/mol. The van der Waals surface area contributed by atoms with Gasteiger partial charge >= 0.3 is 0 Å². The maximum atomic E-state index is 5.66. The zero-order valence-electron chi connectivity index (χ0n) is 13.9. The van der Waals surface area contributed by atoms with E-state index in [1.165, 1.54) is 16.5 Å². The molecule has 0 spiro atoms. The lowest BCUT2D eigenvalue weighted by Gasteiger charge is -2.21. The molecule has 2 rings (SSSR count). The summed E-state index contributed by atoms with van der Waals surface area (Å²) in [6.07, 6.45) is 1.97. The SMILES string of the molecule is CN(C)c1nc2ccc(C(C)(C)C)cc2cc1CCCN. The van der Waals surface area contributed by atoms with Crippen molar-refractivity contribution in [2.45, 2.75) is 39.0 Å². The van der Waals surface area contributed by atoms with Crippen LogP contribution in [-0.4, -0.2) is 25.6 Å². The highest BCUT2D eigenvalue weighted by molar-refractivity contribution is 5.82. The topological polar surface area (TPSA) is 42.2 Å². The number of hydrogen-bond acceptors (Lipinski definition) is 3. The maximum absolute atomic E-state index is 5.66. The zero-order chi connectivity index (χ0) is 15.6. The maximum Gasteiger partial charge on any atom is 0.131 e. The predicted octanol–water partition coefficient (Wildman–Crippen LogP) is 3.49. The summed E-state index contributed by atoms with van der Waals surface area (Å²) in [5, 5.41) is 1.22. The van der Waals surface area contributed by atoms with Gasteiger partial charge in [-0.05, 0) is 54.1 Å². The van der Waals surface area contributed by atoms with Gasteiger partial charge < -0.3 is 10.6 Å². The second kappa shape index (κ2) is 6.02. The fraction of sp³-hybridized carbons (Fsp3) is 0.500. The molecule has 3 nitrogen and oxygen atoms in total. The van der Waals surface area contributed by atoms with Gasteiger partial charge in [0.1, 0.15) is 5.82 Å². The van der Waals surface area contributed by atoms with Crippen molar-refractivity contribution in [1.82, 2.24) is 4.98 Å². The lowest BCUT2D eigenvalue weighted by molar-refractivity contribution is 0.591. The van der Waals surface area contributed by atoms with Crippen LogP contribution in [-0.2, 0) is 11.8 Å². The number of hydrogen-bond donors (Lipinski definition) is 1. The Morgan fingerprint density at radius 1 is 1.14 bits per heavy atom. The number of fused-ring (bicyclic) bond motifs is 1. The van der Waals surface area contributed by atoms with Crippen LogP contribution < -0.4 is 10.6 Å². The third-order valence-corrected chi connectivity index (χ3v) is 3.81. The van der Waals surface area contributed by atoms with Crippen molar-refractivity contribution in [1.29, 1.82) is 0 Å².